The largest absolute Gasteiger partial charge is 0.507 e. The molecular weight excluding hydrogens is 478 g/mol. The monoisotopic (exact) mass is 505 g/mol. The Morgan fingerprint density at radius 1 is 1.19 bits per heavy atom. The highest BCUT2D eigenvalue weighted by Gasteiger charge is 2.25. The van der Waals surface area contributed by atoms with Crippen LogP contribution in [-0.4, -0.2) is 62.2 Å². The van der Waals surface area contributed by atoms with Gasteiger partial charge in [-0.3, -0.25) is 4.79 Å². The van der Waals surface area contributed by atoms with E-state index >= 15 is 0 Å². The first-order valence-corrected chi connectivity index (χ1v) is 11.6. The summed E-state index contributed by atoms with van der Waals surface area (Å²) in [5.41, 5.74) is 10.5. The van der Waals surface area contributed by atoms with Gasteiger partial charge in [-0.05, 0) is 67.5 Å². The standard InChI is InChI=1S/C24H27N9O4/c1-4-32(5-2)17-10-7-16(19(34)13-17)14-26-28-24(35)20-21(15-8-11-18(12-9-15)36-6-3)33(31-27-20)23-22(25)29-37-30-23/h7-14,34H,4-6H2,1-3H3,(H2,25,29)(H,28,35)/b26-14+. The lowest BCUT2D eigenvalue weighted by Crippen LogP contribution is -2.21. The molecule has 0 saturated carbocycles. The molecule has 0 radical (unpaired) electrons. The molecule has 1 amide bonds. The number of aromatic hydroxyl groups is 1. The van der Waals surface area contributed by atoms with Crippen LogP contribution in [0.5, 0.6) is 11.5 Å². The molecule has 0 spiro atoms. The van der Waals surface area contributed by atoms with Crippen molar-refractivity contribution >= 4 is 23.6 Å². The predicted octanol–water partition coefficient (Wildman–Crippen LogP) is 2.61. The zero-order valence-corrected chi connectivity index (χ0v) is 20.6. The first-order valence-electron chi connectivity index (χ1n) is 11.6. The quantitative estimate of drug-likeness (QED) is 0.215. The third-order valence-electron chi connectivity index (χ3n) is 5.53. The van der Waals surface area contributed by atoms with Gasteiger partial charge in [-0.15, -0.1) is 5.10 Å². The number of amides is 1. The lowest BCUT2D eigenvalue weighted by atomic mass is 10.1. The summed E-state index contributed by atoms with van der Waals surface area (Å²) in [7, 11) is 0. The topological polar surface area (TPSA) is 170 Å². The van der Waals surface area contributed by atoms with Crippen LogP contribution in [0.25, 0.3) is 17.1 Å². The molecule has 0 aliphatic carbocycles. The number of nitrogen functional groups attached to an aromatic ring is 1. The van der Waals surface area contributed by atoms with Gasteiger partial charge in [0, 0.05) is 36.0 Å². The van der Waals surface area contributed by atoms with Gasteiger partial charge in [0.25, 0.3) is 5.91 Å². The van der Waals surface area contributed by atoms with Crippen LogP contribution in [0.4, 0.5) is 11.5 Å². The second-order valence-corrected chi connectivity index (χ2v) is 7.74. The number of anilines is 2. The Labute approximate surface area is 212 Å². The van der Waals surface area contributed by atoms with Crippen molar-refractivity contribution in [3.8, 4) is 28.6 Å². The first kappa shape index (κ1) is 25.2. The minimum atomic E-state index is -0.638. The number of benzene rings is 2. The predicted molar refractivity (Wildman–Crippen MR) is 137 cm³/mol. The van der Waals surface area contributed by atoms with E-state index in [4.69, 9.17) is 10.5 Å². The molecule has 13 nitrogen and oxygen atoms in total. The third-order valence-corrected chi connectivity index (χ3v) is 5.53. The van der Waals surface area contributed by atoms with Crippen molar-refractivity contribution in [2.24, 2.45) is 5.10 Å². The molecule has 192 valence electrons. The van der Waals surface area contributed by atoms with E-state index in [9.17, 15) is 9.90 Å². The molecule has 4 aromatic rings. The summed E-state index contributed by atoms with van der Waals surface area (Å²) >= 11 is 0. The molecule has 0 fully saturated rings. The van der Waals surface area contributed by atoms with Gasteiger partial charge in [0.2, 0.25) is 11.6 Å². The molecule has 0 saturated heterocycles. The number of hydrogen-bond donors (Lipinski definition) is 3. The van der Waals surface area contributed by atoms with Gasteiger partial charge in [0.05, 0.1) is 12.8 Å². The number of ether oxygens (including phenoxy) is 1. The molecular formula is C24H27N9O4. The number of carbonyl (C=O) groups is 1. The minimum absolute atomic E-state index is 0.0225. The molecule has 0 unspecified atom stereocenters. The van der Waals surface area contributed by atoms with Gasteiger partial charge >= 0.3 is 0 Å². The zero-order valence-electron chi connectivity index (χ0n) is 20.6. The van der Waals surface area contributed by atoms with Crippen molar-refractivity contribution in [3.05, 3.63) is 53.7 Å². The number of nitrogens with one attached hydrogen (secondary N) is 1. The highest BCUT2D eigenvalue weighted by Crippen LogP contribution is 2.28. The highest BCUT2D eigenvalue weighted by molar-refractivity contribution is 5.99. The highest BCUT2D eigenvalue weighted by atomic mass is 16.6. The van der Waals surface area contributed by atoms with E-state index in [-0.39, 0.29) is 23.1 Å². The molecule has 13 heteroatoms. The number of rotatable bonds is 10. The van der Waals surface area contributed by atoms with Crippen LogP contribution in [-0.2, 0) is 0 Å². The second-order valence-electron chi connectivity index (χ2n) is 7.74. The SMILES string of the molecule is CCOc1ccc(-c2c(C(=O)N/N=C/c3ccc(N(CC)CC)cc3O)nnn2-c2nonc2N)cc1. The molecule has 4 N–H and O–H groups in total. The summed E-state index contributed by atoms with van der Waals surface area (Å²) in [4.78, 5) is 15.1. The Morgan fingerprint density at radius 2 is 1.95 bits per heavy atom. The van der Waals surface area contributed by atoms with Crippen molar-refractivity contribution in [1.82, 2.24) is 30.7 Å². The molecule has 0 atom stereocenters. The van der Waals surface area contributed by atoms with Gasteiger partial charge in [-0.25, -0.2) is 10.1 Å². The Kier molecular flexibility index (Phi) is 7.62. The van der Waals surface area contributed by atoms with Crippen LogP contribution in [0, 0.1) is 0 Å². The maximum atomic E-state index is 13.0. The third kappa shape index (κ3) is 5.34. The molecule has 2 aromatic heterocycles. The number of nitrogens with zero attached hydrogens (tertiary/aromatic N) is 7. The summed E-state index contributed by atoms with van der Waals surface area (Å²) in [5, 5.41) is 29.8. The fourth-order valence-corrected chi connectivity index (χ4v) is 3.70. The molecule has 2 aromatic carbocycles. The van der Waals surface area contributed by atoms with Gasteiger partial charge in [0.1, 0.15) is 17.2 Å². The van der Waals surface area contributed by atoms with Crippen molar-refractivity contribution in [2.75, 3.05) is 30.3 Å². The summed E-state index contributed by atoms with van der Waals surface area (Å²) in [6, 6.07) is 12.3. The Morgan fingerprint density at radius 3 is 2.57 bits per heavy atom. The van der Waals surface area contributed by atoms with Crippen molar-refractivity contribution < 1.29 is 19.3 Å². The molecule has 0 aliphatic rings. The van der Waals surface area contributed by atoms with Gasteiger partial charge in [-0.2, -0.15) is 9.78 Å². The normalized spacial score (nSPS) is 11.1. The summed E-state index contributed by atoms with van der Waals surface area (Å²) in [5.74, 6) is 0.122. The van der Waals surface area contributed by atoms with Gasteiger partial charge < -0.3 is 20.5 Å². The summed E-state index contributed by atoms with van der Waals surface area (Å²) in [6.45, 7) is 8.10. The van der Waals surface area contributed by atoms with Crippen LogP contribution < -0.4 is 20.8 Å². The van der Waals surface area contributed by atoms with Crippen molar-refractivity contribution in [2.45, 2.75) is 20.8 Å². The zero-order chi connectivity index (χ0) is 26.4. The van der Waals surface area contributed by atoms with Crippen LogP contribution in [0.2, 0.25) is 0 Å². The average molecular weight is 506 g/mol. The number of nitrogens with two attached hydrogens (primary N) is 1. The van der Waals surface area contributed by atoms with E-state index in [1.807, 2.05) is 26.8 Å². The van der Waals surface area contributed by atoms with E-state index in [1.54, 1.807) is 36.4 Å². The van der Waals surface area contributed by atoms with E-state index in [2.05, 4.69) is 40.7 Å². The maximum Gasteiger partial charge on any atom is 0.294 e. The van der Waals surface area contributed by atoms with E-state index in [1.165, 1.54) is 10.9 Å². The summed E-state index contributed by atoms with van der Waals surface area (Å²) < 4.78 is 11.4. The lowest BCUT2D eigenvalue weighted by molar-refractivity contribution is 0.0950. The molecule has 2 heterocycles. The number of hydrogen-bond acceptors (Lipinski definition) is 11. The average Bonchev–Trinajstić information content (AvgIpc) is 3.52. The van der Waals surface area contributed by atoms with Gasteiger partial charge in [-0.1, -0.05) is 5.21 Å². The van der Waals surface area contributed by atoms with Crippen LogP contribution in [0.3, 0.4) is 0 Å². The first-order chi connectivity index (χ1) is 18.0. The van der Waals surface area contributed by atoms with E-state index < -0.39 is 5.91 Å². The van der Waals surface area contributed by atoms with E-state index in [0.717, 1.165) is 18.8 Å². The molecule has 4 rings (SSSR count). The molecule has 0 bridgehead atoms. The minimum Gasteiger partial charge on any atom is -0.507 e. The van der Waals surface area contributed by atoms with Crippen LogP contribution in [0.15, 0.2) is 52.2 Å². The van der Waals surface area contributed by atoms with Crippen molar-refractivity contribution in [3.63, 3.8) is 0 Å². The van der Waals surface area contributed by atoms with E-state index in [0.29, 0.717) is 29.2 Å². The maximum absolute atomic E-state index is 13.0. The number of phenols is 1. The number of hydrazone groups is 1. The Bertz CT molecular complexity index is 1390. The van der Waals surface area contributed by atoms with Crippen molar-refractivity contribution in [1.29, 1.82) is 0 Å². The fourth-order valence-electron chi connectivity index (χ4n) is 3.70. The molecule has 0 aliphatic heterocycles. The fraction of sp³-hybridized carbons (Fsp3) is 0.250. The smallest absolute Gasteiger partial charge is 0.294 e. The number of carbonyl (C=O) groups excluding carboxylic acids is 1. The Balaban J connectivity index is 1.61. The lowest BCUT2D eigenvalue weighted by Gasteiger charge is -2.21. The Hall–Kier alpha value is -4.94. The number of aromatic nitrogens is 5. The molecule has 37 heavy (non-hydrogen) atoms. The van der Waals surface area contributed by atoms with Crippen LogP contribution >= 0.6 is 0 Å². The van der Waals surface area contributed by atoms with Gasteiger partial charge in [0.15, 0.2) is 5.69 Å². The van der Waals surface area contributed by atoms with Crippen LogP contribution in [0.1, 0.15) is 36.8 Å². The number of phenolic OH excluding ortho intramolecular Hbond substituents is 1. The summed E-state index contributed by atoms with van der Waals surface area (Å²) in [6.07, 6.45) is 1.35. The second kappa shape index (κ2) is 11.2.